The fourth-order valence-corrected chi connectivity index (χ4v) is 5.15. The molecular weight excluding hydrogens is 529 g/mol. The molecule has 0 radical (unpaired) electrons. The smallest absolute Gasteiger partial charge is 0.416 e. The summed E-state index contributed by atoms with van der Waals surface area (Å²) in [5.41, 5.74) is 0.626. The highest BCUT2D eigenvalue weighted by Gasteiger charge is 2.41. The number of carbonyl (C=O) groups excluding carboxylic acids is 1. The molecule has 3 aliphatic heterocycles. The lowest BCUT2D eigenvalue weighted by molar-refractivity contribution is -0.141. The molecule has 2 fully saturated rings. The van der Waals surface area contributed by atoms with E-state index in [4.69, 9.17) is 14.2 Å². The molecule has 10 nitrogen and oxygen atoms in total. The highest BCUT2D eigenvalue weighted by Crippen LogP contribution is 2.41. The summed E-state index contributed by atoms with van der Waals surface area (Å²) in [6.45, 7) is 5.56. The number of hydrogen-bond acceptors (Lipinski definition) is 8. The molecule has 13 heteroatoms. The molecule has 3 aromatic rings. The molecule has 3 aliphatic rings. The van der Waals surface area contributed by atoms with Crippen LogP contribution < -0.4 is 19.9 Å². The van der Waals surface area contributed by atoms with Gasteiger partial charge in [0.2, 0.25) is 0 Å². The van der Waals surface area contributed by atoms with Crippen molar-refractivity contribution in [1.82, 2.24) is 15.0 Å². The number of rotatable bonds is 5. The number of benzene rings is 1. The third kappa shape index (κ3) is 5.26. The van der Waals surface area contributed by atoms with Crippen molar-refractivity contribution in [3.8, 4) is 17.3 Å². The lowest BCUT2D eigenvalue weighted by Gasteiger charge is -2.35. The van der Waals surface area contributed by atoms with E-state index < -0.39 is 23.6 Å². The summed E-state index contributed by atoms with van der Waals surface area (Å²) in [7, 11) is 0. The van der Waals surface area contributed by atoms with Crippen LogP contribution >= 0.6 is 0 Å². The fraction of sp³-hybridized carbons (Fsp3) is 0.407. The standard InChI is InChI=1S/C27H27F3N6O4/c1-26(2)39-15-19(40-26)14-38-24-31-10-8-22(33-24)34-25(37)36-18-9-11-35(13-18)21-7-6-20(32-23(21)36)16-4-3-5-17(12-16)27(28,29)30/h3-8,10,12,18-19H,9,11,13-15H2,1-2H3,(H,31,33,34,37)/t18-,19?/m0/s1. The Labute approximate surface area is 228 Å². The molecule has 40 heavy (non-hydrogen) atoms. The average molecular weight is 557 g/mol. The summed E-state index contributed by atoms with van der Waals surface area (Å²) in [6, 6.07) is 9.47. The first-order valence-electron chi connectivity index (χ1n) is 12.9. The van der Waals surface area contributed by atoms with Gasteiger partial charge in [-0.15, -0.1) is 0 Å². The minimum absolute atomic E-state index is 0.0714. The normalized spacial score (nSPS) is 21.3. The number of fused-ring (bicyclic) bond motifs is 4. The third-order valence-corrected chi connectivity index (χ3v) is 6.99. The molecule has 210 valence electrons. The Morgan fingerprint density at radius 2 is 2.05 bits per heavy atom. The van der Waals surface area contributed by atoms with Gasteiger partial charge in [0.15, 0.2) is 11.6 Å². The molecule has 0 spiro atoms. The molecule has 2 saturated heterocycles. The van der Waals surface area contributed by atoms with Crippen molar-refractivity contribution in [3.63, 3.8) is 0 Å². The van der Waals surface area contributed by atoms with Crippen molar-refractivity contribution in [2.75, 3.05) is 41.4 Å². The molecule has 0 aliphatic carbocycles. The Morgan fingerprint density at radius 1 is 1.20 bits per heavy atom. The van der Waals surface area contributed by atoms with E-state index in [1.54, 1.807) is 29.2 Å². The van der Waals surface area contributed by atoms with E-state index in [0.717, 1.165) is 30.8 Å². The molecule has 2 atom stereocenters. The number of anilines is 3. The predicted molar refractivity (Wildman–Crippen MR) is 139 cm³/mol. The Kier molecular flexibility index (Phi) is 6.50. The predicted octanol–water partition coefficient (Wildman–Crippen LogP) is 4.72. The fourth-order valence-electron chi connectivity index (χ4n) is 5.15. The number of nitrogens with one attached hydrogen (secondary N) is 1. The molecule has 6 rings (SSSR count). The molecular formula is C27H27F3N6O4. The molecule has 2 aromatic heterocycles. The van der Waals surface area contributed by atoms with Gasteiger partial charge in [0.1, 0.15) is 18.5 Å². The molecule has 1 N–H and O–H groups in total. The van der Waals surface area contributed by atoms with Gasteiger partial charge in [-0.05, 0) is 50.6 Å². The topological polar surface area (TPSA) is 102 Å². The maximum absolute atomic E-state index is 13.6. The minimum atomic E-state index is -4.48. The van der Waals surface area contributed by atoms with Gasteiger partial charge >= 0.3 is 18.2 Å². The number of urea groups is 1. The van der Waals surface area contributed by atoms with Gasteiger partial charge in [-0.25, -0.2) is 14.8 Å². The first-order chi connectivity index (χ1) is 19.1. The van der Waals surface area contributed by atoms with Gasteiger partial charge in [-0.2, -0.15) is 18.2 Å². The van der Waals surface area contributed by atoms with Gasteiger partial charge in [0.25, 0.3) is 0 Å². The summed E-state index contributed by atoms with van der Waals surface area (Å²) >= 11 is 0. The number of amides is 2. The van der Waals surface area contributed by atoms with E-state index in [9.17, 15) is 18.0 Å². The van der Waals surface area contributed by atoms with Crippen molar-refractivity contribution < 1.29 is 32.2 Å². The monoisotopic (exact) mass is 556 g/mol. The lowest BCUT2D eigenvalue weighted by Crippen LogP contribution is -2.48. The van der Waals surface area contributed by atoms with Crippen LogP contribution in [0.1, 0.15) is 25.8 Å². The average Bonchev–Trinajstić information content (AvgIpc) is 3.50. The Bertz CT molecular complexity index is 1440. The van der Waals surface area contributed by atoms with Crippen molar-refractivity contribution in [1.29, 1.82) is 0 Å². The maximum Gasteiger partial charge on any atom is 0.416 e. The van der Waals surface area contributed by atoms with Crippen LogP contribution in [0, 0.1) is 0 Å². The molecule has 5 heterocycles. The van der Waals surface area contributed by atoms with Crippen LogP contribution in [0.4, 0.5) is 35.3 Å². The number of pyridine rings is 1. The van der Waals surface area contributed by atoms with Crippen LogP contribution in [0.25, 0.3) is 11.3 Å². The highest BCUT2D eigenvalue weighted by molar-refractivity contribution is 6.04. The SMILES string of the molecule is CC1(C)OCC(COc2nccc(NC(=O)N3c4nc(-c5cccc(C(F)(F)F)c5)ccc4N4CC[C@H]3C4)n2)O1. The quantitative estimate of drug-likeness (QED) is 0.482. The van der Waals surface area contributed by atoms with E-state index in [0.29, 0.717) is 30.2 Å². The van der Waals surface area contributed by atoms with E-state index >= 15 is 0 Å². The number of alkyl halides is 3. The Morgan fingerprint density at radius 3 is 2.83 bits per heavy atom. The zero-order chi connectivity index (χ0) is 28.1. The minimum Gasteiger partial charge on any atom is -0.461 e. The summed E-state index contributed by atoms with van der Waals surface area (Å²) < 4.78 is 56.8. The number of ether oxygens (including phenoxy) is 3. The van der Waals surface area contributed by atoms with Crippen LogP contribution in [-0.2, 0) is 15.7 Å². The summed E-state index contributed by atoms with van der Waals surface area (Å²) in [6.07, 6.45) is -2.56. The zero-order valence-electron chi connectivity index (χ0n) is 21.8. The first kappa shape index (κ1) is 26.3. The summed E-state index contributed by atoms with van der Waals surface area (Å²) in [4.78, 5) is 30.3. The van der Waals surface area contributed by atoms with Crippen LogP contribution in [0.3, 0.4) is 0 Å². The molecule has 0 saturated carbocycles. The van der Waals surface area contributed by atoms with Gasteiger partial charge in [-0.1, -0.05) is 12.1 Å². The number of carbonyl (C=O) groups is 1. The van der Waals surface area contributed by atoms with Gasteiger partial charge < -0.3 is 19.1 Å². The zero-order valence-corrected chi connectivity index (χ0v) is 21.8. The van der Waals surface area contributed by atoms with Crippen LogP contribution in [0.5, 0.6) is 6.01 Å². The summed E-state index contributed by atoms with van der Waals surface area (Å²) in [5, 5.41) is 2.80. The molecule has 2 bridgehead atoms. The van der Waals surface area contributed by atoms with E-state index in [2.05, 4.69) is 25.2 Å². The largest absolute Gasteiger partial charge is 0.461 e. The van der Waals surface area contributed by atoms with E-state index in [1.807, 2.05) is 13.8 Å². The second-order valence-electron chi connectivity index (χ2n) is 10.3. The van der Waals surface area contributed by atoms with Crippen molar-refractivity contribution in [2.45, 2.75) is 44.4 Å². The van der Waals surface area contributed by atoms with Crippen molar-refractivity contribution in [3.05, 3.63) is 54.2 Å². The Balaban J connectivity index is 1.22. The third-order valence-electron chi connectivity index (χ3n) is 6.99. The van der Waals surface area contributed by atoms with Gasteiger partial charge in [0.05, 0.1) is 29.6 Å². The number of hydrogen-bond donors (Lipinski definition) is 1. The lowest BCUT2D eigenvalue weighted by atomic mass is 10.1. The van der Waals surface area contributed by atoms with Crippen LogP contribution in [0.2, 0.25) is 0 Å². The second-order valence-corrected chi connectivity index (χ2v) is 10.3. The number of halogens is 3. The van der Waals surface area contributed by atoms with Gasteiger partial charge in [0, 0.05) is 24.8 Å². The van der Waals surface area contributed by atoms with E-state index in [-0.39, 0.29) is 30.6 Å². The van der Waals surface area contributed by atoms with Crippen LogP contribution in [-0.4, -0.2) is 65.2 Å². The molecule has 2 amide bonds. The molecule has 1 aromatic carbocycles. The van der Waals surface area contributed by atoms with Crippen molar-refractivity contribution >= 4 is 23.4 Å². The van der Waals surface area contributed by atoms with Crippen molar-refractivity contribution in [2.24, 2.45) is 0 Å². The highest BCUT2D eigenvalue weighted by atomic mass is 19.4. The second kappa shape index (κ2) is 9.89. The summed E-state index contributed by atoms with van der Waals surface area (Å²) in [5.74, 6) is -0.0667. The number of aromatic nitrogens is 3. The van der Waals surface area contributed by atoms with Gasteiger partial charge in [-0.3, -0.25) is 10.2 Å². The van der Waals surface area contributed by atoms with E-state index in [1.165, 1.54) is 12.3 Å². The maximum atomic E-state index is 13.6. The number of nitrogens with zero attached hydrogens (tertiary/aromatic N) is 5. The first-order valence-corrected chi connectivity index (χ1v) is 12.9. The molecule has 1 unspecified atom stereocenters. The van der Waals surface area contributed by atoms with Crippen LogP contribution in [0.15, 0.2) is 48.7 Å². The Hall–Kier alpha value is -3.97.